The summed E-state index contributed by atoms with van der Waals surface area (Å²) in [5, 5.41) is 0. The number of benzene rings is 1. The SMILES string of the molecule is CCOC(=O)C1(c2cc(Br)c(N)c(OCC(F)(F)F)c2)CCCC1. The highest BCUT2D eigenvalue weighted by Gasteiger charge is 2.44. The van der Waals surface area contributed by atoms with Crippen LogP contribution >= 0.6 is 15.9 Å². The van der Waals surface area contributed by atoms with E-state index in [-0.39, 0.29) is 24.0 Å². The molecule has 0 atom stereocenters. The first-order chi connectivity index (χ1) is 11.2. The summed E-state index contributed by atoms with van der Waals surface area (Å²) in [6.07, 6.45) is -1.61. The van der Waals surface area contributed by atoms with Gasteiger partial charge in [0.2, 0.25) is 0 Å². The molecule has 0 radical (unpaired) electrons. The first-order valence-corrected chi connectivity index (χ1v) is 8.45. The molecule has 2 rings (SSSR count). The van der Waals surface area contributed by atoms with Gasteiger partial charge in [0.1, 0.15) is 5.75 Å². The van der Waals surface area contributed by atoms with Crippen molar-refractivity contribution in [3.05, 3.63) is 22.2 Å². The van der Waals surface area contributed by atoms with Crippen LogP contribution in [0.1, 0.15) is 38.2 Å². The van der Waals surface area contributed by atoms with E-state index in [1.54, 1.807) is 13.0 Å². The van der Waals surface area contributed by atoms with Crippen LogP contribution in [0.2, 0.25) is 0 Å². The Hall–Kier alpha value is -1.44. The second-order valence-corrected chi connectivity index (χ2v) is 6.64. The molecule has 1 aromatic rings. The monoisotopic (exact) mass is 409 g/mol. The fourth-order valence-corrected chi connectivity index (χ4v) is 3.45. The Kier molecular flexibility index (Phi) is 5.67. The summed E-state index contributed by atoms with van der Waals surface area (Å²) < 4.78 is 47.7. The second-order valence-electron chi connectivity index (χ2n) is 5.78. The molecule has 0 bridgehead atoms. The number of alkyl halides is 3. The third-order valence-electron chi connectivity index (χ3n) is 4.16. The fourth-order valence-electron chi connectivity index (χ4n) is 3.01. The molecule has 0 saturated heterocycles. The number of nitrogen functional groups attached to an aromatic ring is 1. The van der Waals surface area contributed by atoms with Crippen molar-refractivity contribution in [2.75, 3.05) is 18.9 Å². The van der Waals surface area contributed by atoms with Gasteiger partial charge in [0.25, 0.3) is 0 Å². The average molecular weight is 410 g/mol. The number of hydrogen-bond acceptors (Lipinski definition) is 4. The van der Waals surface area contributed by atoms with Crippen molar-refractivity contribution in [1.82, 2.24) is 0 Å². The Morgan fingerprint density at radius 3 is 2.50 bits per heavy atom. The molecule has 134 valence electrons. The van der Waals surface area contributed by atoms with E-state index < -0.39 is 18.2 Å². The Balaban J connectivity index is 2.41. The van der Waals surface area contributed by atoms with Crippen molar-refractivity contribution < 1.29 is 27.4 Å². The van der Waals surface area contributed by atoms with Crippen molar-refractivity contribution in [3.63, 3.8) is 0 Å². The second kappa shape index (κ2) is 7.21. The molecule has 24 heavy (non-hydrogen) atoms. The van der Waals surface area contributed by atoms with Gasteiger partial charge < -0.3 is 15.2 Å². The molecule has 0 amide bonds. The van der Waals surface area contributed by atoms with Crippen LogP contribution in [0.4, 0.5) is 18.9 Å². The van der Waals surface area contributed by atoms with Crippen LogP contribution in [0.5, 0.6) is 5.75 Å². The molecule has 0 heterocycles. The Morgan fingerprint density at radius 2 is 1.96 bits per heavy atom. The third-order valence-corrected chi connectivity index (χ3v) is 4.81. The number of rotatable bonds is 5. The van der Waals surface area contributed by atoms with Crippen molar-refractivity contribution in [2.24, 2.45) is 0 Å². The Labute approximate surface area is 146 Å². The van der Waals surface area contributed by atoms with E-state index in [4.69, 9.17) is 15.2 Å². The summed E-state index contributed by atoms with van der Waals surface area (Å²) in [5.74, 6) is -0.451. The standard InChI is InChI=1S/C16H19BrF3NO3/c1-2-23-14(22)15(5-3-4-6-15)10-7-11(17)13(21)12(8-10)24-9-16(18,19)20/h7-8H,2-6,9,21H2,1H3. The summed E-state index contributed by atoms with van der Waals surface area (Å²) in [4.78, 5) is 12.5. The highest BCUT2D eigenvalue weighted by atomic mass is 79.9. The number of anilines is 1. The summed E-state index contributed by atoms with van der Waals surface area (Å²) in [5.41, 5.74) is 5.58. The van der Waals surface area contributed by atoms with E-state index in [2.05, 4.69) is 15.9 Å². The van der Waals surface area contributed by atoms with Gasteiger partial charge >= 0.3 is 12.1 Å². The number of carbonyl (C=O) groups excluding carboxylic acids is 1. The van der Waals surface area contributed by atoms with Crippen molar-refractivity contribution >= 4 is 27.6 Å². The zero-order valence-corrected chi connectivity index (χ0v) is 14.8. The molecule has 8 heteroatoms. The molecule has 1 aromatic carbocycles. The van der Waals surface area contributed by atoms with Crippen LogP contribution in [0.25, 0.3) is 0 Å². The third kappa shape index (κ3) is 3.96. The molecule has 1 aliphatic rings. The molecule has 1 saturated carbocycles. The molecule has 0 spiro atoms. The zero-order chi connectivity index (χ0) is 18.0. The van der Waals surface area contributed by atoms with Gasteiger partial charge in [-0.1, -0.05) is 12.8 Å². The van der Waals surface area contributed by atoms with E-state index in [9.17, 15) is 18.0 Å². The van der Waals surface area contributed by atoms with Gasteiger partial charge in [-0.2, -0.15) is 13.2 Å². The molecule has 0 aliphatic heterocycles. The minimum atomic E-state index is -4.47. The van der Waals surface area contributed by atoms with Crippen LogP contribution < -0.4 is 10.5 Å². The van der Waals surface area contributed by atoms with Crippen molar-refractivity contribution in [2.45, 2.75) is 44.2 Å². The van der Waals surface area contributed by atoms with Gasteiger partial charge in [0.05, 0.1) is 17.7 Å². The van der Waals surface area contributed by atoms with Gasteiger partial charge in [0, 0.05) is 4.47 Å². The first-order valence-electron chi connectivity index (χ1n) is 7.66. The van der Waals surface area contributed by atoms with Gasteiger partial charge in [-0.05, 0) is 53.4 Å². The lowest BCUT2D eigenvalue weighted by Gasteiger charge is -2.28. The van der Waals surface area contributed by atoms with Gasteiger partial charge in [-0.15, -0.1) is 0 Å². The van der Waals surface area contributed by atoms with E-state index in [1.807, 2.05) is 0 Å². The number of esters is 1. The highest BCUT2D eigenvalue weighted by Crippen LogP contribution is 2.45. The molecule has 2 N–H and O–H groups in total. The van der Waals surface area contributed by atoms with Gasteiger partial charge in [-0.3, -0.25) is 4.79 Å². The largest absolute Gasteiger partial charge is 0.482 e. The number of ether oxygens (including phenoxy) is 2. The predicted octanol–water partition coefficient (Wildman–Crippen LogP) is 4.35. The van der Waals surface area contributed by atoms with Gasteiger partial charge in [-0.25, -0.2) is 0 Å². The summed E-state index contributed by atoms with van der Waals surface area (Å²) >= 11 is 3.24. The summed E-state index contributed by atoms with van der Waals surface area (Å²) in [7, 11) is 0. The normalized spacial score (nSPS) is 16.9. The van der Waals surface area contributed by atoms with E-state index >= 15 is 0 Å². The predicted molar refractivity (Wildman–Crippen MR) is 86.9 cm³/mol. The summed E-state index contributed by atoms with van der Waals surface area (Å²) in [6, 6.07) is 3.09. The van der Waals surface area contributed by atoms with Crippen LogP contribution in [-0.2, 0) is 14.9 Å². The maximum absolute atomic E-state index is 12.5. The highest BCUT2D eigenvalue weighted by molar-refractivity contribution is 9.10. The van der Waals surface area contributed by atoms with E-state index in [0.29, 0.717) is 22.9 Å². The number of hydrogen-bond donors (Lipinski definition) is 1. The lowest BCUT2D eigenvalue weighted by atomic mass is 9.78. The molecule has 1 fully saturated rings. The van der Waals surface area contributed by atoms with Crippen LogP contribution in [0.15, 0.2) is 16.6 Å². The van der Waals surface area contributed by atoms with Crippen LogP contribution in [0, 0.1) is 0 Å². The molecular weight excluding hydrogens is 391 g/mol. The average Bonchev–Trinajstić information content (AvgIpc) is 2.99. The van der Waals surface area contributed by atoms with Crippen molar-refractivity contribution in [1.29, 1.82) is 0 Å². The fraction of sp³-hybridized carbons (Fsp3) is 0.562. The smallest absolute Gasteiger partial charge is 0.422 e. The van der Waals surface area contributed by atoms with Crippen molar-refractivity contribution in [3.8, 4) is 5.75 Å². The molecule has 0 aromatic heterocycles. The maximum atomic E-state index is 12.5. The topological polar surface area (TPSA) is 61.5 Å². The van der Waals surface area contributed by atoms with E-state index in [1.165, 1.54) is 6.07 Å². The van der Waals surface area contributed by atoms with Gasteiger partial charge in [0.15, 0.2) is 6.61 Å². The Bertz CT molecular complexity index is 613. The van der Waals surface area contributed by atoms with Crippen LogP contribution in [-0.4, -0.2) is 25.4 Å². The minimum absolute atomic E-state index is 0.0694. The molecular formula is C16H19BrF3NO3. The zero-order valence-electron chi connectivity index (χ0n) is 13.2. The first kappa shape index (κ1) is 18.9. The molecule has 0 unspecified atom stereocenters. The molecule has 4 nitrogen and oxygen atoms in total. The summed E-state index contributed by atoms with van der Waals surface area (Å²) in [6.45, 7) is 0.519. The van der Waals surface area contributed by atoms with E-state index in [0.717, 1.165) is 12.8 Å². The molecule has 1 aliphatic carbocycles. The Morgan fingerprint density at radius 1 is 1.33 bits per heavy atom. The number of nitrogens with two attached hydrogens (primary N) is 1. The maximum Gasteiger partial charge on any atom is 0.422 e. The number of halogens is 4. The lowest BCUT2D eigenvalue weighted by Crippen LogP contribution is -2.35. The lowest BCUT2D eigenvalue weighted by molar-refractivity contribution is -0.153. The van der Waals surface area contributed by atoms with Crippen LogP contribution in [0.3, 0.4) is 0 Å². The number of carbonyl (C=O) groups is 1. The minimum Gasteiger partial charge on any atom is -0.482 e. The quantitative estimate of drug-likeness (QED) is 0.579.